The molecule has 0 heterocycles. The van der Waals surface area contributed by atoms with Gasteiger partial charge in [0.05, 0.1) is 11.4 Å². The molecule has 5 heteroatoms. The van der Waals surface area contributed by atoms with Crippen molar-refractivity contribution in [3.8, 4) is 0 Å². The minimum atomic E-state index is 0.00921. The molecule has 0 radical (unpaired) electrons. The van der Waals surface area contributed by atoms with E-state index >= 15 is 0 Å². The van der Waals surface area contributed by atoms with Gasteiger partial charge in [0.15, 0.2) is 0 Å². The Bertz CT molecular complexity index is 515. The van der Waals surface area contributed by atoms with Gasteiger partial charge >= 0.3 is 0 Å². The summed E-state index contributed by atoms with van der Waals surface area (Å²) in [5.74, 6) is 0.0414. The first-order valence-corrected chi connectivity index (χ1v) is 7.73. The molecule has 0 atom stereocenters. The number of rotatable bonds is 2. The van der Waals surface area contributed by atoms with Crippen LogP contribution in [0.15, 0.2) is 21.1 Å². The van der Waals surface area contributed by atoms with Crippen LogP contribution in [-0.4, -0.2) is 5.91 Å². The van der Waals surface area contributed by atoms with E-state index in [1.807, 2.05) is 6.07 Å². The Morgan fingerprint density at radius 1 is 1.21 bits per heavy atom. The van der Waals surface area contributed by atoms with Gasteiger partial charge in [-0.15, -0.1) is 0 Å². The number of anilines is 2. The Kier molecular flexibility index (Phi) is 3.51. The third-order valence-electron chi connectivity index (χ3n) is 4.62. The third kappa shape index (κ3) is 2.31. The van der Waals surface area contributed by atoms with Gasteiger partial charge < -0.3 is 11.1 Å². The van der Waals surface area contributed by atoms with Crippen LogP contribution in [0.4, 0.5) is 11.4 Å². The first-order valence-electron chi connectivity index (χ1n) is 6.14. The Morgan fingerprint density at radius 3 is 2.16 bits per heavy atom. The summed E-state index contributed by atoms with van der Waals surface area (Å²) in [6.07, 6.45) is 0. The van der Waals surface area contributed by atoms with Crippen molar-refractivity contribution in [2.24, 2.45) is 16.7 Å². The van der Waals surface area contributed by atoms with Gasteiger partial charge in [0, 0.05) is 14.9 Å². The lowest BCUT2D eigenvalue weighted by molar-refractivity contribution is -0.118. The molecule has 2 rings (SSSR count). The Hall–Kier alpha value is -0.550. The quantitative estimate of drug-likeness (QED) is 0.735. The SMILES string of the molecule is CC1(C)C(C(=O)Nc2c(N)cc(Br)cc2Br)C1(C)C. The van der Waals surface area contributed by atoms with Gasteiger partial charge in [0.1, 0.15) is 0 Å². The summed E-state index contributed by atoms with van der Waals surface area (Å²) in [5, 5.41) is 2.95. The maximum Gasteiger partial charge on any atom is 0.228 e. The van der Waals surface area contributed by atoms with Crippen molar-refractivity contribution < 1.29 is 4.79 Å². The molecule has 0 spiro atoms. The second-order valence-electron chi connectivity index (χ2n) is 6.22. The molecule has 0 unspecified atom stereocenters. The third-order valence-corrected chi connectivity index (χ3v) is 5.70. The zero-order chi connectivity index (χ0) is 14.6. The van der Waals surface area contributed by atoms with Crippen LogP contribution in [0.1, 0.15) is 27.7 Å². The number of halogens is 2. The summed E-state index contributed by atoms with van der Waals surface area (Å²) in [4.78, 5) is 12.4. The lowest BCUT2D eigenvalue weighted by atomic mass is 10.0. The molecule has 1 aromatic rings. The molecule has 1 saturated carbocycles. The van der Waals surface area contributed by atoms with Crippen molar-refractivity contribution in [1.82, 2.24) is 0 Å². The van der Waals surface area contributed by atoms with E-state index in [0.29, 0.717) is 11.4 Å². The summed E-state index contributed by atoms with van der Waals surface area (Å²) >= 11 is 6.80. The number of hydrogen-bond acceptors (Lipinski definition) is 2. The van der Waals surface area contributed by atoms with E-state index in [0.717, 1.165) is 8.95 Å². The number of amides is 1. The Balaban J connectivity index is 2.23. The van der Waals surface area contributed by atoms with E-state index in [2.05, 4.69) is 64.9 Å². The van der Waals surface area contributed by atoms with Gasteiger partial charge in [0.25, 0.3) is 0 Å². The standard InChI is InChI=1S/C14H18Br2N2O/c1-13(2)11(14(13,3)4)12(19)18-10-8(16)5-7(15)6-9(10)17/h5-6,11H,17H2,1-4H3,(H,18,19). The van der Waals surface area contributed by atoms with E-state index in [4.69, 9.17) is 5.73 Å². The van der Waals surface area contributed by atoms with Crippen LogP contribution < -0.4 is 11.1 Å². The summed E-state index contributed by atoms with van der Waals surface area (Å²) in [6, 6.07) is 3.65. The van der Waals surface area contributed by atoms with Crippen LogP contribution in [0.25, 0.3) is 0 Å². The van der Waals surface area contributed by atoms with E-state index in [1.165, 1.54) is 0 Å². The summed E-state index contributed by atoms with van der Waals surface area (Å²) in [6.45, 7) is 8.49. The van der Waals surface area contributed by atoms with Crippen molar-refractivity contribution >= 4 is 49.1 Å². The molecule has 1 amide bonds. The molecule has 0 bridgehead atoms. The van der Waals surface area contributed by atoms with Crippen molar-refractivity contribution in [3.05, 3.63) is 21.1 Å². The second-order valence-corrected chi connectivity index (χ2v) is 7.99. The lowest BCUT2D eigenvalue weighted by Crippen LogP contribution is -2.18. The maximum absolute atomic E-state index is 12.4. The molecule has 0 aliphatic heterocycles. The number of nitrogens with one attached hydrogen (secondary N) is 1. The van der Waals surface area contributed by atoms with Crippen LogP contribution in [-0.2, 0) is 4.79 Å². The number of hydrogen-bond donors (Lipinski definition) is 2. The Morgan fingerprint density at radius 2 is 1.74 bits per heavy atom. The Labute approximate surface area is 130 Å². The summed E-state index contributed by atoms with van der Waals surface area (Å²) in [7, 11) is 0. The van der Waals surface area contributed by atoms with E-state index < -0.39 is 0 Å². The van der Waals surface area contributed by atoms with Crippen LogP contribution in [0.5, 0.6) is 0 Å². The molecular formula is C14H18Br2N2O. The normalized spacial score (nSPS) is 20.1. The summed E-state index contributed by atoms with van der Waals surface area (Å²) in [5.41, 5.74) is 7.19. The highest BCUT2D eigenvalue weighted by Crippen LogP contribution is 2.68. The van der Waals surface area contributed by atoms with Crippen LogP contribution in [0.2, 0.25) is 0 Å². The highest BCUT2D eigenvalue weighted by Gasteiger charge is 2.68. The molecule has 1 aliphatic carbocycles. The van der Waals surface area contributed by atoms with Gasteiger partial charge in [0.2, 0.25) is 5.91 Å². The highest BCUT2D eigenvalue weighted by molar-refractivity contribution is 9.11. The fourth-order valence-electron chi connectivity index (χ4n) is 2.77. The van der Waals surface area contributed by atoms with Crippen LogP contribution >= 0.6 is 31.9 Å². The maximum atomic E-state index is 12.4. The molecular weight excluding hydrogens is 372 g/mol. The van der Waals surface area contributed by atoms with Crippen molar-refractivity contribution in [2.45, 2.75) is 27.7 Å². The van der Waals surface area contributed by atoms with E-state index in [9.17, 15) is 4.79 Å². The molecule has 3 N–H and O–H groups in total. The molecule has 1 aliphatic rings. The van der Waals surface area contributed by atoms with Crippen molar-refractivity contribution in [3.63, 3.8) is 0 Å². The number of nitrogen functional groups attached to an aromatic ring is 1. The van der Waals surface area contributed by atoms with Gasteiger partial charge in [-0.2, -0.15) is 0 Å². The zero-order valence-electron chi connectivity index (χ0n) is 11.5. The largest absolute Gasteiger partial charge is 0.397 e. The number of carbonyl (C=O) groups excluding carboxylic acids is 1. The number of benzene rings is 1. The van der Waals surface area contributed by atoms with Gasteiger partial charge in [-0.1, -0.05) is 43.6 Å². The summed E-state index contributed by atoms with van der Waals surface area (Å²) < 4.78 is 1.66. The predicted octanol–water partition coefficient (Wildman–Crippen LogP) is 4.41. The lowest BCUT2D eigenvalue weighted by Gasteiger charge is -2.12. The van der Waals surface area contributed by atoms with Gasteiger partial charge in [-0.3, -0.25) is 4.79 Å². The number of carbonyl (C=O) groups is 1. The number of nitrogens with two attached hydrogens (primary N) is 1. The molecule has 0 aromatic heterocycles. The second kappa shape index (κ2) is 4.48. The van der Waals surface area contributed by atoms with Crippen LogP contribution in [0, 0.1) is 16.7 Å². The monoisotopic (exact) mass is 388 g/mol. The fraction of sp³-hybridized carbons (Fsp3) is 0.500. The van der Waals surface area contributed by atoms with Crippen LogP contribution in [0.3, 0.4) is 0 Å². The van der Waals surface area contributed by atoms with E-state index in [1.54, 1.807) is 6.07 Å². The minimum absolute atomic E-state index is 0.00921. The minimum Gasteiger partial charge on any atom is -0.397 e. The zero-order valence-corrected chi connectivity index (χ0v) is 14.6. The smallest absolute Gasteiger partial charge is 0.228 e. The van der Waals surface area contributed by atoms with Crippen molar-refractivity contribution in [2.75, 3.05) is 11.1 Å². The first-order chi connectivity index (χ1) is 8.59. The van der Waals surface area contributed by atoms with Gasteiger partial charge in [-0.25, -0.2) is 0 Å². The average molecular weight is 390 g/mol. The van der Waals surface area contributed by atoms with Gasteiger partial charge in [-0.05, 0) is 38.9 Å². The predicted molar refractivity (Wildman–Crippen MR) is 85.9 cm³/mol. The first kappa shape index (κ1) is 14.9. The fourth-order valence-corrected chi connectivity index (χ4v) is 4.13. The molecule has 1 aromatic carbocycles. The average Bonchev–Trinajstić information content (AvgIpc) is 2.63. The molecule has 0 saturated heterocycles. The molecule has 104 valence electrons. The molecule has 1 fully saturated rings. The molecule has 3 nitrogen and oxygen atoms in total. The van der Waals surface area contributed by atoms with Crippen molar-refractivity contribution in [1.29, 1.82) is 0 Å². The topological polar surface area (TPSA) is 55.1 Å². The highest BCUT2D eigenvalue weighted by atomic mass is 79.9. The van der Waals surface area contributed by atoms with E-state index in [-0.39, 0.29) is 22.7 Å². The molecule has 19 heavy (non-hydrogen) atoms.